The first-order valence-corrected chi connectivity index (χ1v) is 8.60. The van der Waals surface area contributed by atoms with E-state index in [1.165, 1.54) is 0 Å². The quantitative estimate of drug-likeness (QED) is 0.694. The number of esters is 1. The number of nitrogens with zero attached hydrogens (tertiary/aromatic N) is 1. The molecule has 7 nitrogen and oxygen atoms in total. The zero-order chi connectivity index (χ0) is 17.4. The molecule has 1 aromatic rings. The molecule has 1 fully saturated rings. The average molecular weight is 337 g/mol. The van der Waals surface area contributed by atoms with Crippen LogP contribution in [0.5, 0.6) is 0 Å². The number of nitrogens with one attached hydrogen (secondary N) is 1. The molecule has 0 aliphatic carbocycles. The molecule has 1 aliphatic heterocycles. The van der Waals surface area contributed by atoms with Crippen LogP contribution in [0.15, 0.2) is 16.5 Å². The second kappa shape index (κ2) is 9.44. The lowest BCUT2D eigenvalue weighted by atomic mass is 10.0. The molecule has 1 saturated heterocycles. The zero-order valence-electron chi connectivity index (χ0n) is 14.3. The maximum Gasteiger partial charge on any atom is 0.374 e. The Bertz CT molecular complexity index is 544. The predicted octanol–water partition coefficient (Wildman–Crippen LogP) is 1.28. The van der Waals surface area contributed by atoms with Crippen LogP contribution in [0, 0.1) is 0 Å². The Labute approximate surface area is 142 Å². The van der Waals surface area contributed by atoms with Crippen LogP contribution >= 0.6 is 0 Å². The molecule has 0 saturated carbocycles. The van der Waals surface area contributed by atoms with E-state index in [0.29, 0.717) is 32.7 Å². The summed E-state index contributed by atoms with van der Waals surface area (Å²) in [5.74, 6) is 0.522. The SMILES string of the molecule is CCOC(=O)c1ccc(CN2CCCCC2CNC(=O)CCN)o1. The predicted molar refractivity (Wildman–Crippen MR) is 89.4 cm³/mol. The van der Waals surface area contributed by atoms with Gasteiger partial charge in [-0.25, -0.2) is 4.79 Å². The summed E-state index contributed by atoms with van der Waals surface area (Å²) in [6.07, 6.45) is 3.67. The fourth-order valence-corrected chi connectivity index (χ4v) is 2.93. The highest BCUT2D eigenvalue weighted by atomic mass is 16.5. The summed E-state index contributed by atoms with van der Waals surface area (Å²) < 4.78 is 10.5. The van der Waals surface area contributed by atoms with Gasteiger partial charge in [-0.1, -0.05) is 6.42 Å². The van der Waals surface area contributed by atoms with Crippen molar-refractivity contribution in [1.29, 1.82) is 0 Å². The van der Waals surface area contributed by atoms with Gasteiger partial charge < -0.3 is 20.2 Å². The van der Waals surface area contributed by atoms with Crippen molar-refractivity contribution >= 4 is 11.9 Å². The Kier molecular flexibility index (Phi) is 7.27. The lowest BCUT2D eigenvalue weighted by Gasteiger charge is -2.35. The number of piperidine rings is 1. The summed E-state index contributed by atoms with van der Waals surface area (Å²) in [5.41, 5.74) is 5.39. The molecule has 0 bridgehead atoms. The number of carbonyl (C=O) groups is 2. The molecule has 1 atom stereocenters. The van der Waals surface area contributed by atoms with Crippen LogP contribution in [0.25, 0.3) is 0 Å². The van der Waals surface area contributed by atoms with E-state index < -0.39 is 5.97 Å². The number of nitrogens with two attached hydrogens (primary N) is 1. The van der Waals surface area contributed by atoms with E-state index in [0.717, 1.165) is 31.6 Å². The van der Waals surface area contributed by atoms with Gasteiger partial charge in [0.25, 0.3) is 0 Å². The molecule has 1 aromatic heterocycles. The van der Waals surface area contributed by atoms with E-state index in [4.69, 9.17) is 14.9 Å². The van der Waals surface area contributed by atoms with Crippen molar-refractivity contribution in [2.75, 3.05) is 26.2 Å². The molecule has 1 unspecified atom stereocenters. The minimum absolute atomic E-state index is 0.00869. The number of likely N-dealkylation sites (tertiary alicyclic amines) is 1. The van der Waals surface area contributed by atoms with Crippen molar-refractivity contribution in [2.45, 2.75) is 45.2 Å². The van der Waals surface area contributed by atoms with Crippen molar-refractivity contribution in [1.82, 2.24) is 10.2 Å². The molecule has 0 aromatic carbocycles. The summed E-state index contributed by atoms with van der Waals surface area (Å²) in [4.78, 5) is 25.6. The van der Waals surface area contributed by atoms with Crippen LogP contribution in [0.3, 0.4) is 0 Å². The molecule has 134 valence electrons. The highest BCUT2D eigenvalue weighted by Gasteiger charge is 2.24. The van der Waals surface area contributed by atoms with E-state index in [1.807, 2.05) is 6.07 Å². The van der Waals surface area contributed by atoms with Gasteiger partial charge in [0.1, 0.15) is 5.76 Å². The van der Waals surface area contributed by atoms with E-state index in [9.17, 15) is 9.59 Å². The van der Waals surface area contributed by atoms with E-state index in [1.54, 1.807) is 13.0 Å². The number of hydrogen-bond donors (Lipinski definition) is 2. The first-order chi connectivity index (χ1) is 11.6. The van der Waals surface area contributed by atoms with Gasteiger partial charge in [0.15, 0.2) is 0 Å². The van der Waals surface area contributed by atoms with Gasteiger partial charge in [0.05, 0.1) is 13.2 Å². The molecule has 2 rings (SSSR count). The zero-order valence-corrected chi connectivity index (χ0v) is 14.3. The average Bonchev–Trinajstić information content (AvgIpc) is 3.03. The molecular weight excluding hydrogens is 310 g/mol. The number of furan rings is 1. The number of amides is 1. The number of rotatable bonds is 8. The Morgan fingerprint density at radius 3 is 3.00 bits per heavy atom. The third kappa shape index (κ3) is 5.35. The Morgan fingerprint density at radius 1 is 1.42 bits per heavy atom. The molecule has 1 aliphatic rings. The van der Waals surface area contributed by atoms with Crippen molar-refractivity contribution in [3.8, 4) is 0 Å². The van der Waals surface area contributed by atoms with Crippen LogP contribution in [0.4, 0.5) is 0 Å². The topological polar surface area (TPSA) is 97.8 Å². The van der Waals surface area contributed by atoms with Gasteiger partial charge in [0, 0.05) is 25.6 Å². The minimum Gasteiger partial charge on any atom is -0.460 e. The Hall–Kier alpha value is -1.86. The van der Waals surface area contributed by atoms with Gasteiger partial charge in [-0.05, 0) is 38.4 Å². The van der Waals surface area contributed by atoms with Crippen molar-refractivity contribution in [2.24, 2.45) is 5.73 Å². The van der Waals surface area contributed by atoms with Gasteiger partial charge in [0.2, 0.25) is 11.7 Å². The van der Waals surface area contributed by atoms with E-state index >= 15 is 0 Å². The molecular formula is C17H27N3O4. The van der Waals surface area contributed by atoms with Crippen LogP contribution in [0.1, 0.15) is 48.9 Å². The number of ether oxygens (including phenoxy) is 1. The Balaban J connectivity index is 1.90. The molecule has 7 heteroatoms. The maximum atomic E-state index is 11.7. The van der Waals surface area contributed by atoms with Gasteiger partial charge in [-0.15, -0.1) is 0 Å². The second-order valence-electron chi connectivity index (χ2n) is 5.95. The van der Waals surface area contributed by atoms with Gasteiger partial charge in [-0.3, -0.25) is 9.69 Å². The molecule has 24 heavy (non-hydrogen) atoms. The summed E-state index contributed by atoms with van der Waals surface area (Å²) in [5, 5.41) is 2.94. The standard InChI is InChI=1S/C17H27N3O4/c1-2-23-17(22)15-7-6-14(24-15)12-20-10-4-3-5-13(20)11-19-16(21)8-9-18/h6-7,13H,2-5,8-12,18H2,1H3,(H,19,21). The fourth-order valence-electron chi connectivity index (χ4n) is 2.93. The normalized spacial score (nSPS) is 18.3. The molecule has 1 amide bonds. The third-order valence-corrected chi connectivity index (χ3v) is 4.15. The molecule has 0 radical (unpaired) electrons. The fraction of sp³-hybridized carbons (Fsp3) is 0.647. The largest absolute Gasteiger partial charge is 0.460 e. The highest BCUT2D eigenvalue weighted by molar-refractivity contribution is 5.86. The van der Waals surface area contributed by atoms with E-state index in [2.05, 4.69) is 10.2 Å². The number of hydrogen-bond acceptors (Lipinski definition) is 6. The minimum atomic E-state index is -0.437. The van der Waals surface area contributed by atoms with E-state index in [-0.39, 0.29) is 17.7 Å². The monoisotopic (exact) mass is 337 g/mol. The number of carbonyl (C=O) groups excluding carboxylic acids is 2. The summed E-state index contributed by atoms with van der Waals surface area (Å²) in [6.45, 7) is 4.64. The summed E-state index contributed by atoms with van der Waals surface area (Å²) in [7, 11) is 0. The first kappa shape index (κ1) is 18.5. The molecule has 3 N–H and O–H groups in total. The van der Waals surface area contributed by atoms with Crippen molar-refractivity contribution in [3.63, 3.8) is 0 Å². The van der Waals surface area contributed by atoms with Crippen molar-refractivity contribution in [3.05, 3.63) is 23.7 Å². The Morgan fingerprint density at radius 2 is 2.25 bits per heavy atom. The van der Waals surface area contributed by atoms with Crippen LogP contribution < -0.4 is 11.1 Å². The summed E-state index contributed by atoms with van der Waals surface area (Å²) >= 11 is 0. The molecule has 0 spiro atoms. The van der Waals surface area contributed by atoms with Crippen LogP contribution in [-0.4, -0.2) is 49.1 Å². The third-order valence-electron chi connectivity index (χ3n) is 4.15. The van der Waals surface area contributed by atoms with Crippen LogP contribution in [-0.2, 0) is 16.1 Å². The van der Waals surface area contributed by atoms with Crippen molar-refractivity contribution < 1.29 is 18.7 Å². The first-order valence-electron chi connectivity index (χ1n) is 8.60. The lowest BCUT2D eigenvalue weighted by Crippen LogP contribution is -2.46. The van der Waals surface area contributed by atoms with Crippen LogP contribution in [0.2, 0.25) is 0 Å². The van der Waals surface area contributed by atoms with Gasteiger partial charge in [-0.2, -0.15) is 0 Å². The smallest absolute Gasteiger partial charge is 0.374 e. The summed E-state index contributed by atoms with van der Waals surface area (Å²) in [6, 6.07) is 3.73. The maximum absolute atomic E-state index is 11.7. The second-order valence-corrected chi connectivity index (χ2v) is 5.95. The lowest BCUT2D eigenvalue weighted by molar-refractivity contribution is -0.121. The van der Waals surface area contributed by atoms with Gasteiger partial charge >= 0.3 is 5.97 Å². The highest BCUT2D eigenvalue weighted by Crippen LogP contribution is 2.20. The molecule has 2 heterocycles.